The first-order chi connectivity index (χ1) is 15.8. The number of aromatic nitrogens is 1. The molecule has 1 aromatic carbocycles. The molecule has 0 bridgehead atoms. The van der Waals surface area contributed by atoms with Gasteiger partial charge in [-0.15, -0.1) is 0 Å². The van der Waals surface area contributed by atoms with Gasteiger partial charge in [0.2, 0.25) is 5.88 Å². The van der Waals surface area contributed by atoms with Crippen LogP contribution in [0.25, 0.3) is 0 Å². The molecule has 2 heterocycles. The van der Waals surface area contributed by atoms with E-state index in [1.165, 1.54) is 12.1 Å². The fourth-order valence-corrected chi connectivity index (χ4v) is 4.05. The maximum Gasteiger partial charge on any atom is 0.338 e. The van der Waals surface area contributed by atoms with Crippen LogP contribution in [0.15, 0.2) is 24.4 Å². The predicted molar refractivity (Wildman–Crippen MR) is 126 cm³/mol. The number of hydrogen-bond donors (Lipinski definition) is 1. The van der Waals surface area contributed by atoms with Crippen molar-refractivity contribution in [3.63, 3.8) is 0 Å². The Morgan fingerprint density at radius 3 is 2.55 bits per heavy atom. The molecule has 1 aliphatic heterocycles. The second-order valence-electron chi connectivity index (χ2n) is 8.62. The summed E-state index contributed by atoms with van der Waals surface area (Å²) in [6.07, 6.45) is 3.76. The first-order valence-corrected chi connectivity index (χ1v) is 11.9. The first-order valence-electron chi connectivity index (χ1n) is 11.5. The maximum absolute atomic E-state index is 14.1. The summed E-state index contributed by atoms with van der Waals surface area (Å²) < 4.78 is 25.6. The normalized spacial score (nSPS) is 16.1. The summed E-state index contributed by atoms with van der Waals surface area (Å²) in [4.78, 5) is 17.8. The molecular weight excluding hydrogens is 447 g/mol. The quantitative estimate of drug-likeness (QED) is 0.493. The summed E-state index contributed by atoms with van der Waals surface area (Å²) in [7, 11) is 0. The highest BCUT2D eigenvalue weighted by Gasteiger charge is 2.31. The smallest absolute Gasteiger partial charge is 0.338 e. The number of nitrogens with zero attached hydrogens (tertiary/aromatic N) is 2. The molecule has 0 amide bonds. The number of carboxylic acids is 1. The molecule has 4 rings (SSSR count). The Bertz CT molecular complexity index is 975. The van der Waals surface area contributed by atoms with Crippen molar-refractivity contribution in [2.75, 3.05) is 19.7 Å². The van der Waals surface area contributed by atoms with Crippen LogP contribution in [0.3, 0.4) is 0 Å². The summed E-state index contributed by atoms with van der Waals surface area (Å²) >= 11 is 6.26. The van der Waals surface area contributed by atoms with Gasteiger partial charge in [-0.1, -0.05) is 25.4 Å². The zero-order valence-corrected chi connectivity index (χ0v) is 20.4. The van der Waals surface area contributed by atoms with Crippen LogP contribution in [-0.4, -0.2) is 46.8 Å². The van der Waals surface area contributed by atoms with Gasteiger partial charge in [0.15, 0.2) is 0 Å². The minimum atomic E-state index is -1.25. The molecule has 1 saturated heterocycles. The molecule has 8 heteroatoms. The standard InChI is InChI=1S/C23H26ClFN2O4.C2H6/c1-13(2)31-22-19(24)5-14(8-26-22)9-27-10-15(11-27)12-30-21-7-20(25)18(23(28)29)6-17(21)16-3-4-16;1-2/h5-8,13,15-16H,3-4,9-12H2,1-2H3,(H,28,29);1-2H3. The van der Waals surface area contributed by atoms with Crippen LogP contribution in [0, 0.1) is 11.7 Å². The summed E-state index contributed by atoms with van der Waals surface area (Å²) in [5.74, 6) is -0.480. The minimum Gasteiger partial charge on any atom is -0.493 e. The number of carbonyl (C=O) groups is 1. The van der Waals surface area contributed by atoms with Gasteiger partial charge in [-0.25, -0.2) is 14.2 Å². The van der Waals surface area contributed by atoms with E-state index in [1.54, 1.807) is 6.20 Å². The average molecular weight is 479 g/mol. The Hall–Kier alpha value is -2.38. The van der Waals surface area contributed by atoms with Crippen LogP contribution >= 0.6 is 11.6 Å². The molecule has 2 aliphatic rings. The number of halogens is 2. The van der Waals surface area contributed by atoms with E-state index >= 15 is 0 Å². The molecule has 1 aromatic heterocycles. The summed E-state index contributed by atoms with van der Waals surface area (Å²) in [5.41, 5.74) is 1.53. The average Bonchev–Trinajstić information content (AvgIpc) is 3.57. The Labute approximate surface area is 199 Å². The van der Waals surface area contributed by atoms with Gasteiger partial charge in [-0.05, 0) is 55.9 Å². The lowest BCUT2D eigenvalue weighted by molar-refractivity contribution is 0.0552. The van der Waals surface area contributed by atoms with Crippen LogP contribution in [-0.2, 0) is 6.54 Å². The van der Waals surface area contributed by atoms with Crippen molar-refractivity contribution >= 4 is 17.6 Å². The number of likely N-dealkylation sites (tertiary alicyclic amines) is 1. The van der Waals surface area contributed by atoms with E-state index in [2.05, 4.69) is 9.88 Å². The predicted octanol–water partition coefficient (Wildman–Crippen LogP) is 5.77. The van der Waals surface area contributed by atoms with E-state index in [9.17, 15) is 9.18 Å². The molecule has 1 N–H and O–H groups in total. The summed E-state index contributed by atoms with van der Waals surface area (Å²) in [6, 6.07) is 4.54. The van der Waals surface area contributed by atoms with Crippen molar-refractivity contribution in [2.24, 2.45) is 5.92 Å². The fourth-order valence-electron chi connectivity index (χ4n) is 3.81. The number of aromatic carboxylic acids is 1. The van der Waals surface area contributed by atoms with E-state index in [1.807, 2.05) is 33.8 Å². The summed E-state index contributed by atoms with van der Waals surface area (Å²) in [6.45, 7) is 10.8. The molecule has 0 radical (unpaired) electrons. The number of pyridine rings is 1. The minimum absolute atomic E-state index is 0.0150. The van der Waals surface area contributed by atoms with Crippen LogP contribution < -0.4 is 9.47 Å². The van der Waals surface area contributed by atoms with Crippen molar-refractivity contribution in [3.05, 3.63) is 51.9 Å². The molecule has 0 atom stereocenters. The van der Waals surface area contributed by atoms with Gasteiger partial charge in [0.25, 0.3) is 0 Å². The van der Waals surface area contributed by atoms with Gasteiger partial charge < -0.3 is 14.6 Å². The molecule has 0 spiro atoms. The third-order valence-corrected chi connectivity index (χ3v) is 5.74. The van der Waals surface area contributed by atoms with E-state index in [4.69, 9.17) is 26.2 Å². The highest BCUT2D eigenvalue weighted by Crippen LogP contribution is 2.45. The zero-order chi connectivity index (χ0) is 24.1. The molecule has 33 heavy (non-hydrogen) atoms. The van der Waals surface area contributed by atoms with Crippen molar-refractivity contribution in [2.45, 2.75) is 59.1 Å². The van der Waals surface area contributed by atoms with Gasteiger partial charge in [-0.3, -0.25) is 4.90 Å². The Kier molecular flexibility index (Phi) is 8.54. The van der Waals surface area contributed by atoms with Crippen LogP contribution in [0.4, 0.5) is 4.39 Å². The van der Waals surface area contributed by atoms with Gasteiger partial charge in [-0.2, -0.15) is 0 Å². The van der Waals surface area contributed by atoms with Crippen LogP contribution in [0.2, 0.25) is 5.02 Å². The third-order valence-electron chi connectivity index (χ3n) is 5.47. The van der Waals surface area contributed by atoms with Crippen molar-refractivity contribution < 1.29 is 23.8 Å². The number of benzene rings is 1. The van der Waals surface area contributed by atoms with Gasteiger partial charge in [0, 0.05) is 37.8 Å². The zero-order valence-electron chi connectivity index (χ0n) is 19.6. The second-order valence-corrected chi connectivity index (χ2v) is 9.02. The lowest BCUT2D eigenvalue weighted by Gasteiger charge is -2.39. The van der Waals surface area contributed by atoms with Crippen molar-refractivity contribution in [1.29, 1.82) is 0 Å². The first kappa shape index (κ1) is 25.2. The molecule has 2 aromatic rings. The maximum atomic E-state index is 14.1. The van der Waals surface area contributed by atoms with Crippen LogP contribution in [0.1, 0.15) is 67.9 Å². The lowest BCUT2D eigenvalue weighted by atomic mass is 10.00. The molecule has 2 fully saturated rings. The SMILES string of the molecule is CC.CC(C)Oc1ncc(CN2CC(COc3cc(F)c(C(=O)O)cc3C3CC3)C2)cc1Cl. The van der Waals surface area contributed by atoms with E-state index in [0.717, 1.165) is 43.6 Å². The molecule has 1 saturated carbocycles. The summed E-state index contributed by atoms with van der Waals surface area (Å²) in [5, 5.41) is 9.67. The lowest BCUT2D eigenvalue weighted by Crippen LogP contribution is -2.48. The van der Waals surface area contributed by atoms with Crippen molar-refractivity contribution in [1.82, 2.24) is 9.88 Å². The van der Waals surface area contributed by atoms with E-state index in [0.29, 0.717) is 29.2 Å². The van der Waals surface area contributed by atoms with Crippen molar-refractivity contribution in [3.8, 4) is 11.6 Å². The number of carboxylic acid groups (broad SMARTS) is 1. The Morgan fingerprint density at radius 1 is 1.27 bits per heavy atom. The van der Waals surface area contributed by atoms with Gasteiger partial charge in [0.05, 0.1) is 18.3 Å². The second kappa shape index (κ2) is 11.2. The van der Waals surface area contributed by atoms with E-state index in [-0.39, 0.29) is 17.6 Å². The van der Waals surface area contributed by atoms with Gasteiger partial charge >= 0.3 is 5.97 Å². The molecule has 0 unspecified atom stereocenters. The highest BCUT2D eigenvalue weighted by molar-refractivity contribution is 6.31. The highest BCUT2D eigenvalue weighted by atomic mass is 35.5. The molecular formula is C25H32ClFN2O4. The third kappa shape index (κ3) is 6.58. The number of hydrogen-bond acceptors (Lipinski definition) is 5. The number of ether oxygens (including phenoxy) is 2. The molecule has 180 valence electrons. The topological polar surface area (TPSA) is 71.9 Å². The molecule has 6 nitrogen and oxygen atoms in total. The monoisotopic (exact) mass is 478 g/mol. The Morgan fingerprint density at radius 2 is 1.97 bits per heavy atom. The van der Waals surface area contributed by atoms with Gasteiger partial charge in [0.1, 0.15) is 16.6 Å². The number of rotatable bonds is 9. The van der Waals surface area contributed by atoms with Crippen LogP contribution in [0.5, 0.6) is 11.6 Å². The largest absolute Gasteiger partial charge is 0.493 e. The van der Waals surface area contributed by atoms with E-state index < -0.39 is 11.8 Å². The molecule has 1 aliphatic carbocycles. The fraction of sp³-hybridized carbons (Fsp3) is 0.520. The Balaban J connectivity index is 0.00000149.